The van der Waals surface area contributed by atoms with Crippen molar-refractivity contribution in [2.24, 2.45) is 0 Å². The molecule has 2 atom stereocenters. The molecule has 2 unspecified atom stereocenters. The fraction of sp³-hybridized carbons (Fsp3) is 0.533. The van der Waals surface area contributed by atoms with E-state index >= 15 is 0 Å². The first kappa shape index (κ1) is 12.2. The van der Waals surface area contributed by atoms with Crippen molar-refractivity contribution in [1.82, 2.24) is 9.80 Å². The molecule has 97 valence electrons. The van der Waals surface area contributed by atoms with Gasteiger partial charge in [0.05, 0.1) is 12.2 Å². The smallest absolute Gasteiger partial charge is 0.0833 e. The SMILES string of the molecule is [CH2]CN1CC2CN(Cc3ccccc3)CC(C1)O2. The predicted molar refractivity (Wildman–Crippen MR) is 72.2 cm³/mol. The van der Waals surface area contributed by atoms with E-state index in [1.54, 1.807) is 0 Å². The third-order valence-electron chi connectivity index (χ3n) is 3.80. The van der Waals surface area contributed by atoms with E-state index in [2.05, 4.69) is 47.1 Å². The normalized spacial score (nSPS) is 29.4. The van der Waals surface area contributed by atoms with E-state index in [1.165, 1.54) is 5.56 Å². The summed E-state index contributed by atoms with van der Waals surface area (Å²) in [5.74, 6) is 0. The van der Waals surface area contributed by atoms with Crippen LogP contribution in [0.2, 0.25) is 0 Å². The summed E-state index contributed by atoms with van der Waals surface area (Å²) in [5.41, 5.74) is 1.39. The van der Waals surface area contributed by atoms with Crippen molar-refractivity contribution in [2.75, 3.05) is 32.7 Å². The largest absolute Gasteiger partial charge is 0.370 e. The van der Waals surface area contributed by atoms with Crippen molar-refractivity contribution in [3.8, 4) is 0 Å². The van der Waals surface area contributed by atoms with Crippen LogP contribution in [0.5, 0.6) is 0 Å². The molecule has 1 aromatic rings. The zero-order chi connectivity index (χ0) is 12.4. The molecule has 0 N–H and O–H groups in total. The maximum absolute atomic E-state index is 6.01. The summed E-state index contributed by atoms with van der Waals surface area (Å²) in [4.78, 5) is 4.92. The number of rotatable bonds is 3. The number of nitrogens with zero attached hydrogens (tertiary/aromatic N) is 2. The second-order valence-electron chi connectivity index (χ2n) is 5.32. The molecule has 2 fully saturated rings. The van der Waals surface area contributed by atoms with Gasteiger partial charge >= 0.3 is 0 Å². The minimum absolute atomic E-state index is 0.364. The summed E-state index contributed by atoms with van der Waals surface area (Å²) < 4.78 is 6.01. The highest BCUT2D eigenvalue weighted by Gasteiger charge is 2.34. The van der Waals surface area contributed by atoms with E-state index in [-0.39, 0.29) is 0 Å². The number of benzene rings is 1. The molecule has 0 aromatic heterocycles. The molecule has 2 heterocycles. The lowest BCUT2D eigenvalue weighted by molar-refractivity contribution is -0.138. The van der Waals surface area contributed by atoms with Crippen LogP contribution in [0.25, 0.3) is 0 Å². The van der Waals surface area contributed by atoms with Gasteiger partial charge in [-0.25, -0.2) is 0 Å². The predicted octanol–water partition coefficient (Wildman–Crippen LogP) is 1.41. The highest BCUT2D eigenvalue weighted by molar-refractivity contribution is 5.14. The summed E-state index contributed by atoms with van der Waals surface area (Å²) in [6.45, 7) is 10.1. The van der Waals surface area contributed by atoms with E-state index < -0.39 is 0 Å². The van der Waals surface area contributed by atoms with Crippen molar-refractivity contribution >= 4 is 0 Å². The second-order valence-corrected chi connectivity index (χ2v) is 5.32. The van der Waals surface area contributed by atoms with Gasteiger partial charge < -0.3 is 4.74 Å². The molecule has 0 spiro atoms. The van der Waals surface area contributed by atoms with E-state index in [9.17, 15) is 0 Å². The molecular formula is C15H21N2O. The molecule has 1 aromatic carbocycles. The van der Waals surface area contributed by atoms with Crippen LogP contribution < -0.4 is 0 Å². The van der Waals surface area contributed by atoms with E-state index in [0.717, 1.165) is 39.3 Å². The van der Waals surface area contributed by atoms with Gasteiger partial charge in [-0.3, -0.25) is 9.80 Å². The highest BCUT2D eigenvalue weighted by Crippen LogP contribution is 2.20. The zero-order valence-electron chi connectivity index (χ0n) is 10.8. The van der Waals surface area contributed by atoms with E-state index in [4.69, 9.17) is 4.74 Å². The summed E-state index contributed by atoms with van der Waals surface area (Å²) in [7, 11) is 0. The quantitative estimate of drug-likeness (QED) is 0.801. The molecule has 3 heteroatoms. The van der Waals surface area contributed by atoms with Gasteiger partial charge in [-0.1, -0.05) is 30.3 Å². The Balaban J connectivity index is 1.61. The fourth-order valence-corrected chi connectivity index (χ4v) is 3.01. The molecule has 0 amide bonds. The first-order chi connectivity index (χ1) is 8.83. The lowest BCUT2D eigenvalue weighted by Gasteiger charge is -2.45. The fourth-order valence-electron chi connectivity index (χ4n) is 3.01. The summed E-state index contributed by atoms with van der Waals surface area (Å²) in [6, 6.07) is 10.7. The number of fused-ring (bicyclic) bond motifs is 2. The summed E-state index contributed by atoms with van der Waals surface area (Å²) >= 11 is 0. The standard InChI is InChI=1S/C15H21N2O/c1-2-16-9-14-11-17(12-15(10-16)18-14)8-13-6-4-3-5-7-13/h3-7,14-15H,1-2,8-12H2. The molecule has 0 aliphatic carbocycles. The molecule has 2 saturated heterocycles. The van der Waals surface area contributed by atoms with E-state index in [0.29, 0.717) is 12.2 Å². The van der Waals surface area contributed by atoms with Gasteiger partial charge in [0.15, 0.2) is 0 Å². The van der Waals surface area contributed by atoms with Gasteiger partial charge in [-0.2, -0.15) is 0 Å². The minimum atomic E-state index is 0.364. The van der Waals surface area contributed by atoms with Gasteiger partial charge in [0, 0.05) is 32.7 Å². The molecule has 18 heavy (non-hydrogen) atoms. The average molecular weight is 245 g/mol. The first-order valence-corrected chi connectivity index (χ1v) is 6.77. The van der Waals surface area contributed by atoms with Crippen molar-refractivity contribution < 1.29 is 4.74 Å². The maximum atomic E-state index is 6.01. The number of ether oxygens (including phenoxy) is 1. The van der Waals surface area contributed by atoms with Crippen molar-refractivity contribution in [3.05, 3.63) is 42.8 Å². The molecule has 1 radical (unpaired) electrons. The Hall–Kier alpha value is -0.900. The Bertz CT molecular complexity index is 367. The zero-order valence-corrected chi connectivity index (χ0v) is 10.8. The van der Waals surface area contributed by atoms with Gasteiger partial charge in [0.25, 0.3) is 0 Å². The molecular weight excluding hydrogens is 224 g/mol. The minimum Gasteiger partial charge on any atom is -0.370 e. The lowest BCUT2D eigenvalue weighted by atomic mass is 10.1. The third kappa shape index (κ3) is 2.74. The molecule has 2 aliphatic heterocycles. The molecule has 3 nitrogen and oxygen atoms in total. The second kappa shape index (κ2) is 5.39. The first-order valence-electron chi connectivity index (χ1n) is 6.77. The van der Waals surface area contributed by atoms with Crippen LogP contribution in [-0.2, 0) is 11.3 Å². The van der Waals surface area contributed by atoms with Crippen LogP contribution in [0.1, 0.15) is 5.56 Å². The average Bonchev–Trinajstić information content (AvgIpc) is 2.38. The number of morpholine rings is 2. The molecule has 0 saturated carbocycles. The highest BCUT2D eigenvalue weighted by atomic mass is 16.5. The summed E-state index contributed by atoms with van der Waals surface area (Å²) in [6.07, 6.45) is 0.728. The van der Waals surface area contributed by atoms with Crippen molar-refractivity contribution in [2.45, 2.75) is 18.8 Å². The van der Waals surface area contributed by atoms with E-state index in [1.807, 2.05) is 0 Å². The van der Waals surface area contributed by atoms with Gasteiger partial charge in [0.1, 0.15) is 0 Å². The molecule has 2 aliphatic rings. The summed E-state index contributed by atoms with van der Waals surface area (Å²) in [5, 5.41) is 0. The Morgan fingerprint density at radius 1 is 1.00 bits per heavy atom. The van der Waals surface area contributed by atoms with Crippen LogP contribution in [0.3, 0.4) is 0 Å². The number of hydrogen-bond donors (Lipinski definition) is 0. The lowest BCUT2D eigenvalue weighted by Crippen LogP contribution is -2.59. The third-order valence-corrected chi connectivity index (χ3v) is 3.80. The van der Waals surface area contributed by atoms with Crippen molar-refractivity contribution in [1.29, 1.82) is 0 Å². The van der Waals surface area contributed by atoms with Gasteiger partial charge in [-0.05, 0) is 19.0 Å². The maximum Gasteiger partial charge on any atom is 0.0833 e. The van der Waals surface area contributed by atoms with Gasteiger partial charge in [0.2, 0.25) is 0 Å². The van der Waals surface area contributed by atoms with Crippen molar-refractivity contribution in [3.63, 3.8) is 0 Å². The van der Waals surface area contributed by atoms with Crippen LogP contribution in [0, 0.1) is 6.92 Å². The Morgan fingerprint density at radius 2 is 1.61 bits per heavy atom. The monoisotopic (exact) mass is 245 g/mol. The molecule has 2 bridgehead atoms. The number of hydrogen-bond acceptors (Lipinski definition) is 3. The van der Waals surface area contributed by atoms with Crippen LogP contribution in [0.4, 0.5) is 0 Å². The van der Waals surface area contributed by atoms with Gasteiger partial charge in [-0.15, -0.1) is 0 Å². The molecule has 3 rings (SSSR count). The van der Waals surface area contributed by atoms with Crippen LogP contribution in [0.15, 0.2) is 30.3 Å². The Labute approximate surface area is 109 Å². The Morgan fingerprint density at radius 3 is 2.22 bits per heavy atom. The Kier molecular flexibility index (Phi) is 3.64. The van der Waals surface area contributed by atoms with Crippen LogP contribution >= 0.6 is 0 Å². The van der Waals surface area contributed by atoms with Crippen LogP contribution in [-0.4, -0.2) is 54.7 Å². The topological polar surface area (TPSA) is 15.7 Å².